The maximum absolute atomic E-state index is 8.78. The highest BCUT2D eigenvalue weighted by molar-refractivity contribution is 6.28. The fourth-order valence-corrected chi connectivity index (χ4v) is 1.68. The lowest BCUT2D eigenvalue weighted by molar-refractivity contribution is 0.803. The summed E-state index contributed by atoms with van der Waals surface area (Å²) < 4.78 is 1.58. The summed E-state index contributed by atoms with van der Waals surface area (Å²) >= 11 is 5.91. The number of nitrogens with two attached hydrogens (primary N) is 1. The zero-order valence-corrected chi connectivity index (χ0v) is 9.94. The van der Waals surface area contributed by atoms with Gasteiger partial charge in [0.05, 0.1) is 6.54 Å². The van der Waals surface area contributed by atoms with Crippen LogP contribution in [0.15, 0.2) is 18.3 Å². The number of nitrogens with zero attached hydrogens (tertiary/aromatic N) is 4. The molecule has 2 aromatic rings. The SMILES string of the molecule is Cc1ccc(Cn2c(Cl)nc(C#N)c2N)cn1. The lowest BCUT2D eigenvalue weighted by Crippen LogP contribution is -2.05. The second-order valence-electron chi connectivity index (χ2n) is 3.62. The molecule has 0 aromatic carbocycles. The molecule has 6 heteroatoms. The summed E-state index contributed by atoms with van der Waals surface area (Å²) in [6.07, 6.45) is 1.75. The Morgan fingerprint density at radius 3 is 2.82 bits per heavy atom. The van der Waals surface area contributed by atoms with E-state index >= 15 is 0 Å². The van der Waals surface area contributed by atoms with Crippen LogP contribution in [0, 0.1) is 18.3 Å². The molecule has 86 valence electrons. The lowest BCUT2D eigenvalue weighted by Gasteiger charge is -2.06. The average molecular weight is 248 g/mol. The lowest BCUT2D eigenvalue weighted by atomic mass is 10.2. The molecule has 0 saturated carbocycles. The first-order chi connectivity index (χ1) is 8.11. The predicted octanol–water partition coefficient (Wildman–Crippen LogP) is 1.74. The van der Waals surface area contributed by atoms with Gasteiger partial charge in [0.25, 0.3) is 0 Å². The van der Waals surface area contributed by atoms with Gasteiger partial charge in [-0.3, -0.25) is 9.55 Å². The largest absolute Gasteiger partial charge is 0.383 e. The Morgan fingerprint density at radius 1 is 1.53 bits per heavy atom. The minimum absolute atomic E-state index is 0.148. The van der Waals surface area contributed by atoms with Crippen molar-refractivity contribution in [2.75, 3.05) is 5.73 Å². The summed E-state index contributed by atoms with van der Waals surface area (Å²) in [6, 6.07) is 5.73. The van der Waals surface area contributed by atoms with Crippen LogP contribution in [0.5, 0.6) is 0 Å². The first kappa shape index (κ1) is 11.4. The highest BCUT2D eigenvalue weighted by Gasteiger charge is 2.12. The molecule has 0 aliphatic rings. The topological polar surface area (TPSA) is 80.5 Å². The van der Waals surface area contributed by atoms with Gasteiger partial charge in [0.2, 0.25) is 5.28 Å². The third-order valence-corrected chi connectivity index (χ3v) is 2.67. The van der Waals surface area contributed by atoms with E-state index in [0.717, 1.165) is 11.3 Å². The van der Waals surface area contributed by atoms with Crippen LogP contribution in [-0.2, 0) is 6.54 Å². The zero-order valence-electron chi connectivity index (χ0n) is 9.18. The highest BCUT2D eigenvalue weighted by Crippen LogP contribution is 2.19. The third-order valence-electron chi connectivity index (χ3n) is 2.38. The van der Waals surface area contributed by atoms with Gasteiger partial charge in [-0.15, -0.1) is 0 Å². The molecule has 0 bridgehead atoms. The van der Waals surface area contributed by atoms with Gasteiger partial charge in [0.15, 0.2) is 5.69 Å². The fourth-order valence-electron chi connectivity index (χ4n) is 1.44. The average Bonchev–Trinajstić information content (AvgIpc) is 2.59. The van der Waals surface area contributed by atoms with Gasteiger partial charge < -0.3 is 5.73 Å². The number of hydrogen-bond acceptors (Lipinski definition) is 4. The van der Waals surface area contributed by atoms with E-state index in [9.17, 15) is 0 Å². The standard InChI is InChI=1S/C11H10ClN5/c1-7-2-3-8(5-15-7)6-17-10(14)9(4-13)16-11(17)12/h2-3,5H,6,14H2,1H3. The number of hydrogen-bond donors (Lipinski definition) is 1. The van der Waals surface area contributed by atoms with Crippen LogP contribution in [0.1, 0.15) is 17.0 Å². The summed E-state index contributed by atoms with van der Waals surface area (Å²) in [5, 5.41) is 8.99. The molecule has 2 aromatic heterocycles. The van der Waals surface area contributed by atoms with Crippen molar-refractivity contribution in [3.8, 4) is 6.07 Å². The van der Waals surface area contributed by atoms with E-state index in [2.05, 4.69) is 9.97 Å². The van der Waals surface area contributed by atoms with E-state index in [-0.39, 0.29) is 16.8 Å². The van der Waals surface area contributed by atoms with E-state index in [0.29, 0.717) is 6.54 Å². The van der Waals surface area contributed by atoms with Gasteiger partial charge in [-0.25, -0.2) is 4.98 Å². The Bertz CT molecular complexity index is 579. The molecule has 0 spiro atoms. The Balaban J connectivity index is 2.33. The molecule has 0 aliphatic carbocycles. The number of halogens is 1. The minimum Gasteiger partial charge on any atom is -0.383 e. The summed E-state index contributed by atoms with van der Waals surface area (Å²) in [5.74, 6) is 0.276. The Hall–Kier alpha value is -2.06. The fraction of sp³-hybridized carbons (Fsp3) is 0.182. The molecule has 0 amide bonds. The van der Waals surface area contributed by atoms with Crippen molar-refractivity contribution >= 4 is 17.4 Å². The monoisotopic (exact) mass is 247 g/mol. The van der Waals surface area contributed by atoms with E-state index in [4.69, 9.17) is 22.6 Å². The second kappa shape index (κ2) is 4.44. The number of nitriles is 1. The number of anilines is 1. The van der Waals surface area contributed by atoms with E-state index in [1.54, 1.807) is 10.8 Å². The molecule has 0 saturated heterocycles. The van der Waals surface area contributed by atoms with Gasteiger partial charge >= 0.3 is 0 Å². The molecule has 17 heavy (non-hydrogen) atoms. The molecule has 0 unspecified atom stereocenters. The molecule has 0 radical (unpaired) electrons. The van der Waals surface area contributed by atoms with Gasteiger partial charge in [0, 0.05) is 11.9 Å². The van der Waals surface area contributed by atoms with Gasteiger partial charge in [0.1, 0.15) is 11.9 Å². The van der Waals surface area contributed by atoms with Crippen molar-refractivity contribution in [2.24, 2.45) is 0 Å². The number of rotatable bonds is 2. The number of imidazole rings is 1. The van der Waals surface area contributed by atoms with Crippen molar-refractivity contribution in [1.82, 2.24) is 14.5 Å². The van der Waals surface area contributed by atoms with Gasteiger partial charge in [-0.1, -0.05) is 6.07 Å². The molecule has 2 N–H and O–H groups in total. The van der Waals surface area contributed by atoms with Crippen LogP contribution in [0.25, 0.3) is 0 Å². The van der Waals surface area contributed by atoms with Crippen molar-refractivity contribution in [3.63, 3.8) is 0 Å². The van der Waals surface area contributed by atoms with Crippen LogP contribution in [0.4, 0.5) is 5.82 Å². The summed E-state index contributed by atoms with van der Waals surface area (Å²) in [5.41, 5.74) is 7.80. The third kappa shape index (κ3) is 2.22. The maximum atomic E-state index is 8.78. The van der Waals surface area contributed by atoms with E-state index in [1.165, 1.54) is 0 Å². The molecular formula is C11H10ClN5. The molecule has 2 rings (SSSR count). The zero-order chi connectivity index (χ0) is 12.4. The number of aromatic nitrogens is 3. The van der Waals surface area contributed by atoms with Crippen LogP contribution < -0.4 is 5.73 Å². The molecule has 5 nitrogen and oxygen atoms in total. The van der Waals surface area contributed by atoms with Gasteiger partial charge in [-0.2, -0.15) is 5.26 Å². The van der Waals surface area contributed by atoms with Crippen molar-refractivity contribution in [1.29, 1.82) is 5.26 Å². The Morgan fingerprint density at radius 2 is 2.29 bits per heavy atom. The minimum atomic E-state index is 0.148. The highest BCUT2D eigenvalue weighted by atomic mass is 35.5. The molecule has 0 aliphatic heterocycles. The van der Waals surface area contributed by atoms with Crippen molar-refractivity contribution in [2.45, 2.75) is 13.5 Å². The number of pyridine rings is 1. The summed E-state index contributed by atoms with van der Waals surface area (Å²) in [7, 11) is 0. The normalized spacial score (nSPS) is 10.2. The van der Waals surface area contributed by atoms with Crippen molar-refractivity contribution in [3.05, 3.63) is 40.6 Å². The van der Waals surface area contributed by atoms with E-state index < -0.39 is 0 Å². The molecule has 2 heterocycles. The molecule has 0 atom stereocenters. The Labute approximate surface area is 103 Å². The predicted molar refractivity (Wildman–Crippen MR) is 64.4 cm³/mol. The first-order valence-electron chi connectivity index (χ1n) is 4.95. The smallest absolute Gasteiger partial charge is 0.205 e. The van der Waals surface area contributed by atoms with Gasteiger partial charge in [-0.05, 0) is 30.2 Å². The maximum Gasteiger partial charge on any atom is 0.205 e. The molecular weight excluding hydrogens is 238 g/mol. The quantitative estimate of drug-likeness (QED) is 0.877. The summed E-state index contributed by atoms with van der Waals surface area (Å²) in [4.78, 5) is 8.04. The Kier molecular flexibility index (Phi) is 2.98. The summed E-state index contributed by atoms with van der Waals surface area (Å²) in [6.45, 7) is 2.36. The second-order valence-corrected chi connectivity index (χ2v) is 3.96. The van der Waals surface area contributed by atoms with Crippen LogP contribution >= 0.6 is 11.6 Å². The molecule has 0 fully saturated rings. The van der Waals surface area contributed by atoms with Crippen LogP contribution in [0.2, 0.25) is 5.28 Å². The van der Waals surface area contributed by atoms with Crippen LogP contribution in [-0.4, -0.2) is 14.5 Å². The van der Waals surface area contributed by atoms with Crippen molar-refractivity contribution < 1.29 is 0 Å². The number of nitrogen functional groups attached to an aromatic ring is 1. The number of aryl methyl sites for hydroxylation is 1. The van der Waals surface area contributed by atoms with E-state index in [1.807, 2.05) is 25.1 Å². The van der Waals surface area contributed by atoms with Crippen LogP contribution in [0.3, 0.4) is 0 Å². The first-order valence-corrected chi connectivity index (χ1v) is 5.32.